The highest BCUT2D eigenvalue weighted by Gasteiger charge is 2.27. The molecular weight excluding hydrogens is 290 g/mol. The van der Waals surface area contributed by atoms with Crippen molar-refractivity contribution in [3.8, 4) is 0 Å². The summed E-state index contributed by atoms with van der Waals surface area (Å²) in [6, 6.07) is 7.85. The van der Waals surface area contributed by atoms with Crippen LogP contribution < -0.4 is 11.1 Å². The number of hydrogen-bond acceptors (Lipinski definition) is 3. The minimum Gasteiger partial charge on any atom is -0.336 e. The first-order valence-electron chi connectivity index (χ1n) is 8.38. The molecule has 23 heavy (non-hydrogen) atoms. The van der Waals surface area contributed by atoms with Crippen LogP contribution in [0, 0.1) is 5.92 Å². The molecule has 0 aromatic heterocycles. The second-order valence-corrected chi connectivity index (χ2v) is 6.37. The van der Waals surface area contributed by atoms with Gasteiger partial charge in [0, 0.05) is 25.2 Å². The van der Waals surface area contributed by atoms with Crippen molar-refractivity contribution >= 4 is 17.5 Å². The number of hydrogen-bond donors (Lipinski definition) is 2. The standard InChI is InChI=1S/C18H27N3O2/c1-3-13-7-4-5-10-16(13)20-17(22)12-21(2)18(23)11-14-8-6-9-15(14)19/h4-5,7,10,14-15H,3,6,8-9,11-12,19H2,1-2H3,(H,20,22)/t14-,15+/m0/s1. The van der Waals surface area contributed by atoms with E-state index in [0.717, 1.165) is 36.9 Å². The van der Waals surface area contributed by atoms with Crippen molar-refractivity contribution in [1.82, 2.24) is 4.90 Å². The number of anilines is 1. The van der Waals surface area contributed by atoms with Gasteiger partial charge in [-0.1, -0.05) is 31.5 Å². The molecule has 2 amide bonds. The molecule has 0 unspecified atom stereocenters. The van der Waals surface area contributed by atoms with Crippen LogP contribution >= 0.6 is 0 Å². The predicted molar refractivity (Wildman–Crippen MR) is 92.0 cm³/mol. The van der Waals surface area contributed by atoms with Gasteiger partial charge in [-0.25, -0.2) is 0 Å². The first kappa shape index (κ1) is 17.5. The van der Waals surface area contributed by atoms with E-state index in [1.54, 1.807) is 7.05 Å². The molecule has 126 valence electrons. The molecular formula is C18H27N3O2. The fraction of sp³-hybridized carbons (Fsp3) is 0.556. The molecule has 0 heterocycles. The smallest absolute Gasteiger partial charge is 0.243 e. The second-order valence-electron chi connectivity index (χ2n) is 6.37. The number of para-hydroxylation sites is 1. The number of carbonyl (C=O) groups is 2. The third kappa shape index (κ3) is 4.79. The molecule has 0 bridgehead atoms. The predicted octanol–water partition coefficient (Wildman–Crippen LogP) is 2.16. The van der Waals surface area contributed by atoms with Gasteiger partial charge < -0.3 is 16.0 Å². The van der Waals surface area contributed by atoms with Crippen molar-refractivity contribution in [2.45, 2.75) is 45.1 Å². The molecule has 2 rings (SSSR count). The lowest BCUT2D eigenvalue weighted by atomic mass is 9.99. The Morgan fingerprint density at radius 1 is 1.30 bits per heavy atom. The van der Waals surface area contributed by atoms with Crippen molar-refractivity contribution < 1.29 is 9.59 Å². The van der Waals surface area contributed by atoms with Gasteiger partial charge in [-0.3, -0.25) is 9.59 Å². The Morgan fingerprint density at radius 3 is 2.70 bits per heavy atom. The summed E-state index contributed by atoms with van der Waals surface area (Å²) in [6.45, 7) is 2.12. The Hall–Kier alpha value is -1.88. The highest BCUT2D eigenvalue weighted by atomic mass is 16.2. The maximum absolute atomic E-state index is 12.2. The van der Waals surface area contributed by atoms with E-state index in [9.17, 15) is 9.59 Å². The third-order valence-electron chi connectivity index (χ3n) is 4.63. The second kappa shape index (κ2) is 8.11. The number of nitrogens with one attached hydrogen (secondary N) is 1. The molecule has 2 atom stereocenters. The molecule has 0 spiro atoms. The number of aryl methyl sites for hydroxylation is 1. The van der Waals surface area contributed by atoms with Crippen LogP contribution in [0.1, 0.15) is 38.2 Å². The number of amides is 2. The van der Waals surface area contributed by atoms with Crippen molar-refractivity contribution in [2.24, 2.45) is 11.7 Å². The zero-order valence-electron chi connectivity index (χ0n) is 14.0. The van der Waals surface area contributed by atoms with E-state index in [4.69, 9.17) is 5.73 Å². The maximum Gasteiger partial charge on any atom is 0.243 e. The minimum atomic E-state index is -0.169. The zero-order valence-corrected chi connectivity index (χ0v) is 14.0. The van der Waals surface area contributed by atoms with E-state index in [0.29, 0.717) is 6.42 Å². The quantitative estimate of drug-likeness (QED) is 0.844. The average Bonchev–Trinajstić information content (AvgIpc) is 2.92. The van der Waals surface area contributed by atoms with Crippen molar-refractivity contribution in [3.63, 3.8) is 0 Å². The monoisotopic (exact) mass is 317 g/mol. The van der Waals surface area contributed by atoms with Gasteiger partial charge in [0.1, 0.15) is 0 Å². The van der Waals surface area contributed by atoms with E-state index in [2.05, 4.69) is 5.32 Å². The van der Waals surface area contributed by atoms with Crippen LogP contribution in [0.25, 0.3) is 0 Å². The Morgan fingerprint density at radius 2 is 2.04 bits per heavy atom. The first-order chi connectivity index (χ1) is 11.0. The van der Waals surface area contributed by atoms with Gasteiger partial charge >= 0.3 is 0 Å². The molecule has 1 saturated carbocycles. The lowest BCUT2D eigenvalue weighted by Crippen LogP contribution is -2.37. The highest BCUT2D eigenvalue weighted by Crippen LogP contribution is 2.27. The minimum absolute atomic E-state index is 0.00808. The summed E-state index contributed by atoms with van der Waals surface area (Å²) in [4.78, 5) is 25.9. The molecule has 0 saturated heterocycles. The summed E-state index contributed by atoms with van der Waals surface area (Å²) in [5.41, 5.74) is 7.92. The van der Waals surface area contributed by atoms with E-state index in [1.807, 2.05) is 31.2 Å². The van der Waals surface area contributed by atoms with Crippen molar-refractivity contribution in [3.05, 3.63) is 29.8 Å². The number of carbonyl (C=O) groups excluding carboxylic acids is 2. The Balaban J connectivity index is 1.85. The molecule has 1 aromatic rings. The molecule has 0 radical (unpaired) electrons. The van der Waals surface area contributed by atoms with Crippen molar-refractivity contribution in [1.29, 1.82) is 0 Å². The van der Waals surface area contributed by atoms with Crippen LogP contribution in [0.3, 0.4) is 0 Å². The Labute approximate surface area is 138 Å². The van der Waals surface area contributed by atoms with Gasteiger partial charge in [-0.05, 0) is 36.8 Å². The molecule has 1 aliphatic rings. The molecule has 5 heteroatoms. The van der Waals surface area contributed by atoms with Crippen LogP contribution in [0.2, 0.25) is 0 Å². The van der Waals surface area contributed by atoms with Crippen LogP contribution in [0.15, 0.2) is 24.3 Å². The van der Waals surface area contributed by atoms with Crippen LogP contribution in [0.4, 0.5) is 5.69 Å². The fourth-order valence-electron chi connectivity index (χ4n) is 3.14. The lowest BCUT2D eigenvalue weighted by molar-refractivity contribution is -0.134. The molecule has 1 aromatic carbocycles. The Bertz CT molecular complexity index is 559. The summed E-state index contributed by atoms with van der Waals surface area (Å²) in [5, 5.41) is 2.89. The van der Waals surface area contributed by atoms with Gasteiger partial charge in [-0.15, -0.1) is 0 Å². The number of nitrogens with zero attached hydrogens (tertiary/aromatic N) is 1. The van der Waals surface area contributed by atoms with E-state index < -0.39 is 0 Å². The zero-order chi connectivity index (χ0) is 16.8. The summed E-state index contributed by atoms with van der Waals surface area (Å²) < 4.78 is 0. The van der Waals surface area contributed by atoms with E-state index in [-0.39, 0.29) is 30.3 Å². The van der Waals surface area contributed by atoms with Crippen molar-refractivity contribution in [2.75, 3.05) is 18.9 Å². The first-order valence-corrected chi connectivity index (χ1v) is 8.38. The highest BCUT2D eigenvalue weighted by molar-refractivity contribution is 5.95. The summed E-state index contributed by atoms with van der Waals surface area (Å²) in [6.07, 6.45) is 4.39. The van der Waals surface area contributed by atoms with Crippen LogP contribution in [-0.4, -0.2) is 36.3 Å². The summed E-state index contributed by atoms with van der Waals surface area (Å²) in [7, 11) is 1.67. The number of benzene rings is 1. The average molecular weight is 317 g/mol. The SMILES string of the molecule is CCc1ccccc1NC(=O)CN(C)C(=O)C[C@@H]1CCC[C@H]1N. The van der Waals surface area contributed by atoms with Gasteiger partial charge in [-0.2, -0.15) is 0 Å². The lowest BCUT2D eigenvalue weighted by Gasteiger charge is -2.21. The molecule has 3 N–H and O–H groups in total. The third-order valence-corrected chi connectivity index (χ3v) is 4.63. The molecule has 5 nitrogen and oxygen atoms in total. The van der Waals surface area contributed by atoms with E-state index >= 15 is 0 Å². The summed E-state index contributed by atoms with van der Waals surface area (Å²) >= 11 is 0. The van der Waals surface area contributed by atoms with Crippen LogP contribution in [0.5, 0.6) is 0 Å². The number of likely N-dealkylation sites (N-methyl/N-ethyl adjacent to an activating group) is 1. The number of rotatable bonds is 6. The maximum atomic E-state index is 12.2. The van der Waals surface area contributed by atoms with Gasteiger partial charge in [0.15, 0.2) is 0 Å². The number of nitrogens with two attached hydrogens (primary N) is 1. The van der Waals surface area contributed by atoms with Gasteiger partial charge in [0.25, 0.3) is 0 Å². The molecule has 0 aliphatic heterocycles. The van der Waals surface area contributed by atoms with Gasteiger partial charge in [0.05, 0.1) is 6.54 Å². The normalized spacial score (nSPS) is 20.3. The molecule has 1 aliphatic carbocycles. The Kier molecular flexibility index (Phi) is 6.16. The topological polar surface area (TPSA) is 75.4 Å². The van der Waals surface area contributed by atoms with E-state index in [1.165, 1.54) is 4.90 Å². The van der Waals surface area contributed by atoms with Gasteiger partial charge in [0.2, 0.25) is 11.8 Å². The van der Waals surface area contributed by atoms with Crippen LogP contribution in [-0.2, 0) is 16.0 Å². The molecule has 1 fully saturated rings. The fourth-order valence-corrected chi connectivity index (χ4v) is 3.14. The summed E-state index contributed by atoms with van der Waals surface area (Å²) in [5.74, 6) is 0.0811. The largest absolute Gasteiger partial charge is 0.336 e.